The molecule has 0 aromatic heterocycles. The smallest absolute Gasteiger partial charge is 0.338 e. The summed E-state index contributed by atoms with van der Waals surface area (Å²) in [6, 6.07) is 12.2. The van der Waals surface area contributed by atoms with E-state index in [9.17, 15) is 18.0 Å². The highest BCUT2D eigenvalue weighted by atomic mass is 32.2. The SMILES string of the molecule is Cc1cccc(NS(=O)(=O)c2cccc(C(=O)OCC(N)=O)c2)c1. The summed E-state index contributed by atoms with van der Waals surface area (Å²) in [4.78, 5) is 22.3. The van der Waals surface area contributed by atoms with Gasteiger partial charge < -0.3 is 10.5 Å². The van der Waals surface area contributed by atoms with Crippen LogP contribution in [-0.4, -0.2) is 26.9 Å². The number of hydrogen-bond acceptors (Lipinski definition) is 5. The van der Waals surface area contributed by atoms with Crippen LogP contribution < -0.4 is 10.5 Å². The van der Waals surface area contributed by atoms with Gasteiger partial charge in [-0.2, -0.15) is 0 Å². The number of anilines is 1. The van der Waals surface area contributed by atoms with Gasteiger partial charge in [-0.05, 0) is 42.8 Å². The molecule has 1 amide bonds. The number of carbonyl (C=O) groups is 2. The van der Waals surface area contributed by atoms with E-state index in [4.69, 9.17) is 5.73 Å². The normalized spacial score (nSPS) is 10.9. The summed E-state index contributed by atoms with van der Waals surface area (Å²) in [5, 5.41) is 0. The van der Waals surface area contributed by atoms with Crippen LogP contribution >= 0.6 is 0 Å². The van der Waals surface area contributed by atoms with Crippen molar-refractivity contribution in [3.8, 4) is 0 Å². The van der Waals surface area contributed by atoms with Gasteiger partial charge in [-0.15, -0.1) is 0 Å². The van der Waals surface area contributed by atoms with E-state index in [1.807, 2.05) is 13.0 Å². The van der Waals surface area contributed by atoms with E-state index in [0.29, 0.717) is 5.69 Å². The van der Waals surface area contributed by atoms with E-state index in [1.54, 1.807) is 18.2 Å². The molecule has 8 heteroatoms. The molecule has 0 spiro atoms. The zero-order valence-corrected chi connectivity index (χ0v) is 13.7. The Bertz CT molecular complexity index is 878. The number of hydrogen-bond donors (Lipinski definition) is 2. The number of nitrogens with one attached hydrogen (secondary N) is 1. The molecule has 7 nitrogen and oxygen atoms in total. The maximum Gasteiger partial charge on any atom is 0.338 e. The standard InChI is InChI=1S/C16H16N2O5S/c1-11-4-2-6-13(8-11)18-24(21,22)14-7-3-5-12(9-14)16(20)23-10-15(17)19/h2-9,18H,10H2,1H3,(H2,17,19). The van der Waals surface area contributed by atoms with Crippen molar-refractivity contribution in [2.75, 3.05) is 11.3 Å². The van der Waals surface area contributed by atoms with Crippen molar-refractivity contribution in [1.82, 2.24) is 0 Å². The number of aryl methyl sites for hydroxylation is 1. The molecule has 0 aliphatic carbocycles. The van der Waals surface area contributed by atoms with Crippen LogP contribution in [0.2, 0.25) is 0 Å². The highest BCUT2D eigenvalue weighted by Crippen LogP contribution is 2.18. The lowest BCUT2D eigenvalue weighted by Crippen LogP contribution is -2.21. The third kappa shape index (κ3) is 4.56. The van der Waals surface area contributed by atoms with Gasteiger partial charge in [0, 0.05) is 5.69 Å². The van der Waals surface area contributed by atoms with E-state index < -0.39 is 28.5 Å². The van der Waals surface area contributed by atoms with Crippen molar-refractivity contribution in [3.63, 3.8) is 0 Å². The van der Waals surface area contributed by atoms with E-state index >= 15 is 0 Å². The van der Waals surface area contributed by atoms with Crippen LogP contribution in [0.25, 0.3) is 0 Å². The predicted molar refractivity (Wildman–Crippen MR) is 87.9 cm³/mol. The number of benzene rings is 2. The Balaban J connectivity index is 2.23. The Morgan fingerprint density at radius 3 is 2.50 bits per heavy atom. The first-order valence-electron chi connectivity index (χ1n) is 6.93. The first kappa shape index (κ1) is 17.5. The minimum absolute atomic E-state index is 0.00312. The minimum Gasteiger partial charge on any atom is -0.452 e. The Morgan fingerprint density at radius 2 is 1.83 bits per heavy atom. The van der Waals surface area contributed by atoms with Gasteiger partial charge in [-0.3, -0.25) is 9.52 Å². The number of esters is 1. The predicted octanol–water partition coefficient (Wildman–Crippen LogP) is 1.44. The molecule has 2 rings (SSSR count). The summed E-state index contributed by atoms with van der Waals surface area (Å²) >= 11 is 0. The van der Waals surface area contributed by atoms with Crippen LogP contribution in [0.1, 0.15) is 15.9 Å². The first-order chi connectivity index (χ1) is 11.3. The molecule has 0 aliphatic rings. The third-order valence-corrected chi connectivity index (χ3v) is 4.37. The minimum atomic E-state index is -3.87. The van der Waals surface area contributed by atoms with Crippen molar-refractivity contribution >= 4 is 27.6 Å². The van der Waals surface area contributed by atoms with Crippen LogP contribution in [0.4, 0.5) is 5.69 Å². The van der Waals surface area contributed by atoms with Gasteiger partial charge in [0.15, 0.2) is 6.61 Å². The van der Waals surface area contributed by atoms with Crippen molar-refractivity contribution in [3.05, 3.63) is 59.7 Å². The lowest BCUT2D eigenvalue weighted by molar-refractivity contribution is -0.121. The molecule has 0 aliphatic heterocycles. The zero-order valence-electron chi connectivity index (χ0n) is 12.9. The van der Waals surface area contributed by atoms with Gasteiger partial charge in [0.05, 0.1) is 10.5 Å². The molecular formula is C16H16N2O5S. The summed E-state index contributed by atoms with van der Waals surface area (Å²) in [7, 11) is -3.87. The quantitative estimate of drug-likeness (QED) is 0.766. The van der Waals surface area contributed by atoms with Gasteiger partial charge in [-0.25, -0.2) is 13.2 Å². The molecule has 0 unspecified atom stereocenters. The summed E-state index contributed by atoms with van der Waals surface area (Å²) in [6.07, 6.45) is 0. The summed E-state index contributed by atoms with van der Waals surface area (Å²) in [5.41, 5.74) is 6.21. The van der Waals surface area contributed by atoms with Crippen molar-refractivity contribution in [1.29, 1.82) is 0 Å². The van der Waals surface area contributed by atoms with Gasteiger partial charge in [0.1, 0.15) is 0 Å². The Kier molecular flexibility index (Phi) is 5.20. The molecule has 0 radical (unpaired) electrons. The summed E-state index contributed by atoms with van der Waals surface area (Å²) in [6.45, 7) is 1.27. The van der Waals surface area contributed by atoms with Crippen LogP contribution in [0.3, 0.4) is 0 Å². The molecule has 0 saturated carbocycles. The Hall–Kier alpha value is -2.87. The van der Waals surface area contributed by atoms with Crippen LogP contribution in [-0.2, 0) is 19.6 Å². The molecule has 3 N–H and O–H groups in total. The largest absolute Gasteiger partial charge is 0.452 e. The first-order valence-corrected chi connectivity index (χ1v) is 8.41. The number of sulfonamides is 1. The Labute approximate surface area is 139 Å². The second kappa shape index (κ2) is 7.14. The van der Waals surface area contributed by atoms with E-state index in [1.165, 1.54) is 24.3 Å². The van der Waals surface area contributed by atoms with Gasteiger partial charge >= 0.3 is 5.97 Å². The van der Waals surface area contributed by atoms with Gasteiger partial charge in [0.2, 0.25) is 0 Å². The number of rotatable bonds is 6. The molecule has 0 atom stereocenters. The summed E-state index contributed by atoms with van der Waals surface area (Å²) in [5.74, 6) is -1.63. The molecule has 0 heterocycles. The third-order valence-electron chi connectivity index (χ3n) is 3.00. The van der Waals surface area contributed by atoms with Crippen LogP contribution in [0.15, 0.2) is 53.4 Å². The lowest BCUT2D eigenvalue weighted by Gasteiger charge is -2.10. The van der Waals surface area contributed by atoms with E-state index in [2.05, 4.69) is 9.46 Å². The van der Waals surface area contributed by atoms with E-state index in [-0.39, 0.29) is 10.5 Å². The average molecular weight is 348 g/mol. The molecule has 0 fully saturated rings. The summed E-state index contributed by atoms with van der Waals surface area (Å²) < 4.78 is 31.9. The number of carbonyl (C=O) groups excluding carboxylic acids is 2. The molecule has 2 aromatic rings. The van der Waals surface area contributed by atoms with Gasteiger partial charge in [0.25, 0.3) is 15.9 Å². The second-order valence-electron chi connectivity index (χ2n) is 5.05. The maximum atomic E-state index is 12.4. The lowest BCUT2D eigenvalue weighted by atomic mass is 10.2. The number of primary amides is 1. The molecule has 2 aromatic carbocycles. The average Bonchev–Trinajstić information content (AvgIpc) is 2.52. The number of amides is 1. The van der Waals surface area contributed by atoms with Crippen LogP contribution in [0, 0.1) is 6.92 Å². The monoisotopic (exact) mass is 348 g/mol. The number of nitrogens with two attached hydrogens (primary N) is 1. The molecule has 0 saturated heterocycles. The highest BCUT2D eigenvalue weighted by Gasteiger charge is 2.17. The van der Waals surface area contributed by atoms with Gasteiger partial charge in [-0.1, -0.05) is 18.2 Å². The molecule has 0 bridgehead atoms. The maximum absolute atomic E-state index is 12.4. The number of ether oxygens (including phenoxy) is 1. The van der Waals surface area contributed by atoms with Crippen LogP contribution in [0.5, 0.6) is 0 Å². The fraction of sp³-hybridized carbons (Fsp3) is 0.125. The fourth-order valence-corrected chi connectivity index (χ4v) is 3.03. The fourth-order valence-electron chi connectivity index (χ4n) is 1.93. The molecule has 126 valence electrons. The molecule has 24 heavy (non-hydrogen) atoms. The highest BCUT2D eigenvalue weighted by molar-refractivity contribution is 7.92. The van der Waals surface area contributed by atoms with Crippen molar-refractivity contribution in [2.45, 2.75) is 11.8 Å². The Morgan fingerprint density at radius 1 is 1.12 bits per heavy atom. The topological polar surface area (TPSA) is 116 Å². The van der Waals surface area contributed by atoms with Crippen molar-refractivity contribution in [2.24, 2.45) is 5.73 Å². The van der Waals surface area contributed by atoms with Crippen molar-refractivity contribution < 1.29 is 22.7 Å². The van der Waals surface area contributed by atoms with E-state index in [0.717, 1.165) is 5.56 Å². The zero-order chi connectivity index (χ0) is 17.7. The second-order valence-corrected chi connectivity index (χ2v) is 6.73. The molecular weight excluding hydrogens is 332 g/mol.